The van der Waals surface area contributed by atoms with E-state index in [2.05, 4.69) is 20.5 Å². The van der Waals surface area contributed by atoms with Gasteiger partial charge in [0.15, 0.2) is 0 Å². The highest BCUT2D eigenvalue weighted by Crippen LogP contribution is 2.22. The Morgan fingerprint density at radius 3 is 2.84 bits per heavy atom. The first-order chi connectivity index (χ1) is 15.7. The molecule has 0 radical (unpaired) electrons. The van der Waals surface area contributed by atoms with Crippen LogP contribution >= 0.6 is 0 Å². The van der Waals surface area contributed by atoms with E-state index in [1.807, 2.05) is 43.3 Å². The summed E-state index contributed by atoms with van der Waals surface area (Å²) in [6, 6.07) is 13.1. The summed E-state index contributed by atoms with van der Waals surface area (Å²) in [4.78, 5) is 31.6. The third kappa shape index (κ3) is 4.96. The number of H-pyrrole nitrogens is 1. The number of piperidine rings is 1. The number of benzene rings is 1. The molecule has 2 amide bonds. The molecule has 0 aliphatic carbocycles. The van der Waals surface area contributed by atoms with Crippen molar-refractivity contribution in [2.24, 2.45) is 5.92 Å². The number of nitrogens with zero attached hydrogens (tertiary/aromatic N) is 3. The zero-order valence-electron chi connectivity index (χ0n) is 18.1. The van der Waals surface area contributed by atoms with E-state index in [4.69, 9.17) is 4.74 Å². The van der Waals surface area contributed by atoms with Crippen LogP contribution in [0.4, 0.5) is 0 Å². The van der Waals surface area contributed by atoms with E-state index >= 15 is 0 Å². The molecular formula is C24H27N5O3. The van der Waals surface area contributed by atoms with Crippen LogP contribution in [-0.2, 0) is 11.3 Å². The first-order valence-corrected chi connectivity index (χ1v) is 10.9. The molecule has 1 aliphatic heterocycles. The van der Waals surface area contributed by atoms with Crippen molar-refractivity contribution in [1.29, 1.82) is 0 Å². The molecule has 0 spiro atoms. The number of carbonyl (C=O) groups is 2. The SMILES string of the molecule is CCOc1ccccc1CNC(=O)[C@H]1CCCN(C(=O)c2cc(-c3ccncc3)n[nH]2)C1. The Morgan fingerprint density at radius 1 is 1.22 bits per heavy atom. The number of hydrogen-bond acceptors (Lipinski definition) is 5. The van der Waals surface area contributed by atoms with Crippen molar-refractivity contribution >= 4 is 11.8 Å². The summed E-state index contributed by atoms with van der Waals surface area (Å²) in [5.41, 5.74) is 2.93. The Kier molecular flexibility index (Phi) is 6.79. The first-order valence-electron chi connectivity index (χ1n) is 10.9. The molecular weight excluding hydrogens is 406 g/mol. The van der Waals surface area contributed by atoms with E-state index in [1.54, 1.807) is 23.4 Å². The normalized spacial score (nSPS) is 15.9. The van der Waals surface area contributed by atoms with Gasteiger partial charge in [0, 0.05) is 43.2 Å². The van der Waals surface area contributed by atoms with Crippen LogP contribution in [0.1, 0.15) is 35.8 Å². The number of aromatic nitrogens is 3. The monoisotopic (exact) mass is 433 g/mol. The summed E-state index contributed by atoms with van der Waals surface area (Å²) < 4.78 is 5.63. The van der Waals surface area contributed by atoms with Crippen LogP contribution in [0, 0.1) is 5.92 Å². The van der Waals surface area contributed by atoms with Crippen molar-refractivity contribution in [3.63, 3.8) is 0 Å². The fraction of sp³-hybridized carbons (Fsp3) is 0.333. The number of amides is 2. The molecule has 1 atom stereocenters. The number of rotatable bonds is 7. The van der Waals surface area contributed by atoms with Gasteiger partial charge in [0.05, 0.1) is 18.2 Å². The average Bonchev–Trinajstić information content (AvgIpc) is 3.34. The number of carbonyl (C=O) groups excluding carboxylic acids is 2. The molecule has 3 heterocycles. The van der Waals surface area contributed by atoms with Gasteiger partial charge in [-0.1, -0.05) is 18.2 Å². The van der Waals surface area contributed by atoms with Gasteiger partial charge >= 0.3 is 0 Å². The van der Waals surface area contributed by atoms with Crippen molar-refractivity contribution in [1.82, 2.24) is 25.4 Å². The van der Waals surface area contributed by atoms with Crippen molar-refractivity contribution in [2.45, 2.75) is 26.3 Å². The maximum absolute atomic E-state index is 13.0. The quantitative estimate of drug-likeness (QED) is 0.597. The van der Waals surface area contributed by atoms with Crippen LogP contribution in [0.25, 0.3) is 11.3 Å². The maximum atomic E-state index is 13.0. The number of hydrogen-bond donors (Lipinski definition) is 2. The molecule has 0 unspecified atom stereocenters. The molecule has 1 fully saturated rings. The minimum Gasteiger partial charge on any atom is -0.494 e. The molecule has 8 nitrogen and oxygen atoms in total. The molecule has 166 valence electrons. The van der Waals surface area contributed by atoms with Gasteiger partial charge in [0.1, 0.15) is 11.4 Å². The van der Waals surface area contributed by atoms with E-state index in [0.717, 1.165) is 29.7 Å². The zero-order valence-corrected chi connectivity index (χ0v) is 18.1. The Bertz CT molecular complexity index is 1070. The molecule has 2 N–H and O–H groups in total. The molecule has 1 aliphatic rings. The van der Waals surface area contributed by atoms with Gasteiger partial charge in [0.25, 0.3) is 5.91 Å². The summed E-state index contributed by atoms with van der Waals surface area (Å²) in [6.45, 7) is 3.92. The molecule has 3 aromatic rings. The third-order valence-corrected chi connectivity index (χ3v) is 5.59. The highest BCUT2D eigenvalue weighted by Gasteiger charge is 2.29. The number of para-hydroxylation sites is 1. The summed E-state index contributed by atoms with van der Waals surface area (Å²) in [6.07, 6.45) is 4.91. The zero-order chi connectivity index (χ0) is 22.3. The largest absolute Gasteiger partial charge is 0.494 e. The summed E-state index contributed by atoms with van der Waals surface area (Å²) in [5, 5.41) is 10.1. The third-order valence-electron chi connectivity index (χ3n) is 5.59. The molecule has 1 aromatic carbocycles. The number of nitrogens with one attached hydrogen (secondary N) is 2. The molecule has 2 aromatic heterocycles. The second-order valence-electron chi connectivity index (χ2n) is 7.75. The lowest BCUT2D eigenvalue weighted by molar-refractivity contribution is -0.126. The van der Waals surface area contributed by atoms with Gasteiger partial charge in [0.2, 0.25) is 5.91 Å². The van der Waals surface area contributed by atoms with Gasteiger partial charge in [-0.05, 0) is 44.0 Å². The van der Waals surface area contributed by atoms with E-state index in [-0.39, 0.29) is 17.7 Å². The van der Waals surface area contributed by atoms with Crippen LogP contribution in [0.3, 0.4) is 0 Å². The van der Waals surface area contributed by atoms with Gasteiger partial charge < -0.3 is 15.0 Å². The molecule has 32 heavy (non-hydrogen) atoms. The minimum atomic E-state index is -0.241. The van der Waals surface area contributed by atoms with Crippen molar-refractivity contribution in [2.75, 3.05) is 19.7 Å². The Balaban J connectivity index is 1.36. The number of pyridine rings is 1. The standard InChI is InChI=1S/C24H27N5O3/c1-2-32-22-8-4-3-6-18(22)15-26-23(30)19-7-5-13-29(16-19)24(31)21-14-20(27-28-21)17-9-11-25-12-10-17/h3-4,6,8-12,14,19H,2,5,7,13,15-16H2,1H3,(H,26,30)(H,27,28)/t19-/m0/s1. The number of likely N-dealkylation sites (tertiary alicyclic amines) is 1. The second kappa shape index (κ2) is 10.1. The van der Waals surface area contributed by atoms with Crippen LogP contribution in [-0.4, -0.2) is 51.6 Å². The lowest BCUT2D eigenvalue weighted by Gasteiger charge is -2.31. The van der Waals surface area contributed by atoms with Gasteiger partial charge in [-0.3, -0.25) is 19.7 Å². The van der Waals surface area contributed by atoms with Crippen LogP contribution in [0.5, 0.6) is 5.75 Å². The van der Waals surface area contributed by atoms with E-state index < -0.39 is 0 Å². The molecule has 8 heteroatoms. The van der Waals surface area contributed by atoms with Crippen LogP contribution in [0.15, 0.2) is 54.9 Å². The number of aromatic amines is 1. The summed E-state index contributed by atoms with van der Waals surface area (Å²) in [5.74, 6) is 0.349. The smallest absolute Gasteiger partial charge is 0.271 e. The van der Waals surface area contributed by atoms with Crippen LogP contribution < -0.4 is 10.1 Å². The first kappa shape index (κ1) is 21.5. The number of ether oxygens (including phenoxy) is 1. The Morgan fingerprint density at radius 2 is 2.03 bits per heavy atom. The predicted molar refractivity (Wildman–Crippen MR) is 120 cm³/mol. The summed E-state index contributed by atoms with van der Waals surface area (Å²) in [7, 11) is 0. The fourth-order valence-corrected chi connectivity index (χ4v) is 3.92. The molecule has 1 saturated heterocycles. The molecule has 0 bridgehead atoms. The van der Waals surface area contributed by atoms with Crippen molar-refractivity contribution in [3.05, 3.63) is 66.1 Å². The molecule has 4 rings (SSSR count). The highest BCUT2D eigenvalue weighted by molar-refractivity contribution is 5.94. The van der Waals surface area contributed by atoms with E-state index in [0.29, 0.717) is 37.6 Å². The van der Waals surface area contributed by atoms with Gasteiger partial charge in [-0.25, -0.2) is 0 Å². The van der Waals surface area contributed by atoms with Crippen molar-refractivity contribution in [3.8, 4) is 17.0 Å². The lowest BCUT2D eigenvalue weighted by atomic mass is 9.96. The van der Waals surface area contributed by atoms with Gasteiger partial charge in [-0.15, -0.1) is 0 Å². The van der Waals surface area contributed by atoms with E-state index in [1.165, 1.54) is 0 Å². The topological polar surface area (TPSA) is 100 Å². The second-order valence-corrected chi connectivity index (χ2v) is 7.75. The van der Waals surface area contributed by atoms with Crippen molar-refractivity contribution < 1.29 is 14.3 Å². The summed E-state index contributed by atoms with van der Waals surface area (Å²) >= 11 is 0. The Hall–Kier alpha value is -3.68. The van der Waals surface area contributed by atoms with Gasteiger partial charge in [-0.2, -0.15) is 5.10 Å². The van der Waals surface area contributed by atoms with Crippen LogP contribution in [0.2, 0.25) is 0 Å². The average molecular weight is 434 g/mol. The minimum absolute atomic E-state index is 0.0455. The predicted octanol–water partition coefficient (Wildman–Crippen LogP) is 3.04. The molecule has 0 saturated carbocycles. The fourth-order valence-electron chi connectivity index (χ4n) is 3.92. The van der Waals surface area contributed by atoms with E-state index in [9.17, 15) is 9.59 Å². The Labute approximate surface area is 187 Å². The highest BCUT2D eigenvalue weighted by atomic mass is 16.5. The maximum Gasteiger partial charge on any atom is 0.271 e. The lowest BCUT2D eigenvalue weighted by Crippen LogP contribution is -2.45.